The van der Waals surface area contributed by atoms with Gasteiger partial charge in [-0.05, 0) is 48.5 Å². The lowest BCUT2D eigenvalue weighted by atomic mass is 10.3. The van der Waals surface area contributed by atoms with Crippen molar-refractivity contribution in [2.45, 2.75) is 68.2 Å². The Morgan fingerprint density at radius 1 is 0.348 bits per heavy atom. The molecule has 0 radical (unpaired) electrons. The molecular formula is C38H48N4O4. The quantitative estimate of drug-likeness (QED) is 0.205. The Morgan fingerprint density at radius 3 is 0.587 bits per heavy atom. The van der Waals surface area contributed by atoms with E-state index in [9.17, 15) is 0 Å². The highest BCUT2D eigenvalue weighted by Crippen LogP contribution is 2.08. The number of rotatable bonds is 4. The standard InChI is InChI=1S/4C7H5NO.2C3H8.2C2H6/c4*8-6-9-7-4-2-1-3-5-7;2*1-3-2;2*1-2/h4*1-5H;2*3H2,1-2H3;2*1-2H3. The molecule has 0 aliphatic carbocycles. The van der Waals surface area contributed by atoms with Crippen LogP contribution in [0.25, 0.3) is 0 Å². The van der Waals surface area contributed by atoms with E-state index < -0.39 is 0 Å². The van der Waals surface area contributed by atoms with Crippen LogP contribution in [0.5, 0.6) is 23.0 Å². The van der Waals surface area contributed by atoms with Gasteiger partial charge in [-0.25, -0.2) is 0 Å². The molecule has 0 aromatic heterocycles. The van der Waals surface area contributed by atoms with Crippen molar-refractivity contribution in [1.29, 1.82) is 21.0 Å². The van der Waals surface area contributed by atoms with Crippen LogP contribution in [0.1, 0.15) is 68.2 Å². The largest absolute Gasteiger partial charge is 0.388 e. The molecule has 0 aliphatic rings. The van der Waals surface area contributed by atoms with Gasteiger partial charge in [-0.1, -0.05) is 141 Å². The minimum absolute atomic E-state index is 0.583. The zero-order valence-electron chi connectivity index (χ0n) is 28.4. The van der Waals surface area contributed by atoms with E-state index in [0.717, 1.165) is 0 Å². The van der Waals surface area contributed by atoms with Crippen LogP contribution in [0.2, 0.25) is 0 Å². The molecule has 0 amide bonds. The number of hydrogen-bond acceptors (Lipinski definition) is 8. The Morgan fingerprint density at radius 2 is 0.478 bits per heavy atom. The molecule has 0 heterocycles. The van der Waals surface area contributed by atoms with E-state index in [1.54, 1.807) is 73.6 Å². The summed E-state index contributed by atoms with van der Waals surface area (Å²) in [6, 6.07) is 35.8. The topological polar surface area (TPSA) is 132 Å². The molecule has 0 bridgehead atoms. The second-order valence-electron chi connectivity index (χ2n) is 7.44. The van der Waals surface area contributed by atoms with E-state index in [1.807, 2.05) is 100 Å². The molecule has 0 N–H and O–H groups in total. The molecule has 0 unspecified atom stereocenters. The second kappa shape index (κ2) is 43.5. The van der Waals surface area contributed by atoms with Crippen LogP contribution in [0.3, 0.4) is 0 Å². The van der Waals surface area contributed by atoms with Crippen molar-refractivity contribution in [3.8, 4) is 48.0 Å². The SMILES string of the molecule is CC.CC.CCC.CCC.N#COc1ccccc1.N#COc1ccccc1.N#COc1ccccc1.N#COc1ccccc1. The van der Waals surface area contributed by atoms with E-state index in [0.29, 0.717) is 23.0 Å². The van der Waals surface area contributed by atoms with E-state index in [1.165, 1.54) is 12.8 Å². The molecule has 0 saturated carbocycles. The van der Waals surface area contributed by atoms with Crippen LogP contribution in [0.4, 0.5) is 0 Å². The zero-order chi connectivity index (χ0) is 35.5. The molecule has 0 fully saturated rings. The van der Waals surface area contributed by atoms with Crippen LogP contribution in [-0.2, 0) is 0 Å². The molecule has 0 saturated heterocycles. The first-order valence-electron chi connectivity index (χ1n) is 15.0. The van der Waals surface area contributed by atoms with E-state index in [-0.39, 0.29) is 0 Å². The fourth-order valence-electron chi connectivity index (χ4n) is 2.16. The maximum Gasteiger partial charge on any atom is 0.292 e. The monoisotopic (exact) mass is 624 g/mol. The van der Waals surface area contributed by atoms with Crippen molar-refractivity contribution in [3.63, 3.8) is 0 Å². The van der Waals surface area contributed by atoms with Gasteiger partial charge in [0.2, 0.25) is 0 Å². The first kappa shape index (κ1) is 47.0. The Kier molecular flexibility index (Phi) is 44.4. The number of benzene rings is 4. The number of nitriles is 4. The maximum atomic E-state index is 8.05. The van der Waals surface area contributed by atoms with E-state index >= 15 is 0 Å². The van der Waals surface area contributed by atoms with Crippen LogP contribution in [-0.4, -0.2) is 0 Å². The number of ether oxygens (including phenoxy) is 4. The number of nitrogens with zero attached hydrogens (tertiary/aromatic N) is 4. The van der Waals surface area contributed by atoms with E-state index in [4.69, 9.17) is 21.0 Å². The summed E-state index contributed by atoms with van der Waals surface area (Å²) in [5, 5.41) is 32.2. The first-order valence-corrected chi connectivity index (χ1v) is 15.0. The van der Waals surface area contributed by atoms with Crippen LogP contribution in [0.15, 0.2) is 121 Å². The molecule has 8 nitrogen and oxygen atoms in total. The highest BCUT2D eigenvalue weighted by atomic mass is 16.5. The molecule has 244 valence electrons. The van der Waals surface area contributed by atoms with Gasteiger partial charge in [0.15, 0.2) is 0 Å². The summed E-state index contributed by atoms with van der Waals surface area (Å²) in [5.41, 5.74) is 0. The van der Waals surface area contributed by atoms with Crippen molar-refractivity contribution < 1.29 is 18.9 Å². The van der Waals surface area contributed by atoms with Gasteiger partial charge in [-0.15, -0.1) is 21.0 Å². The van der Waals surface area contributed by atoms with Gasteiger partial charge >= 0.3 is 0 Å². The molecule has 4 rings (SSSR count). The third-order valence-corrected chi connectivity index (χ3v) is 3.63. The van der Waals surface area contributed by atoms with Gasteiger partial charge in [0, 0.05) is 0 Å². The molecule has 0 atom stereocenters. The summed E-state index contributed by atoms with van der Waals surface area (Å²) < 4.78 is 18.0. The first-order chi connectivity index (χ1) is 22.6. The molecule has 0 aliphatic heterocycles. The summed E-state index contributed by atoms with van der Waals surface area (Å²) in [4.78, 5) is 0. The fourth-order valence-corrected chi connectivity index (χ4v) is 2.16. The van der Waals surface area contributed by atoms with Gasteiger partial charge in [-0.3, -0.25) is 0 Å². The average Bonchev–Trinajstić information content (AvgIpc) is 3.11. The highest BCUT2D eigenvalue weighted by molar-refractivity contribution is 5.23. The molecule has 4 aromatic rings. The third-order valence-electron chi connectivity index (χ3n) is 3.63. The maximum absolute atomic E-state index is 8.05. The summed E-state index contributed by atoms with van der Waals surface area (Å²) in [6.07, 6.45) is 8.84. The summed E-state index contributed by atoms with van der Waals surface area (Å²) in [7, 11) is 0. The van der Waals surface area contributed by atoms with E-state index in [2.05, 4.69) is 46.6 Å². The minimum atomic E-state index is 0.583. The molecule has 0 spiro atoms. The smallest absolute Gasteiger partial charge is 0.292 e. The average molecular weight is 625 g/mol. The fraction of sp³-hybridized carbons (Fsp3) is 0.263. The summed E-state index contributed by atoms with van der Waals surface area (Å²) in [6.45, 7) is 16.5. The van der Waals surface area contributed by atoms with Crippen molar-refractivity contribution in [2.24, 2.45) is 0 Å². The predicted octanol–water partition coefficient (Wildman–Crippen LogP) is 11.1. The predicted molar refractivity (Wildman–Crippen MR) is 185 cm³/mol. The Bertz CT molecular complexity index is 1090. The molecule has 4 aromatic carbocycles. The zero-order valence-corrected chi connectivity index (χ0v) is 28.4. The van der Waals surface area contributed by atoms with Crippen molar-refractivity contribution in [1.82, 2.24) is 0 Å². The minimum Gasteiger partial charge on any atom is -0.388 e. The van der Waals surface area contributed by atoms with Gasteiger partial charge in [-0.2, -0.15) is 0 Å². The lowest BCUT2D eigenvalue weighted by Crippen LogP contribution is -1.78. The molecule has 46 heavy (non-hydrogen) atoms. The van der Waals surface area contributed by atoms with Crippen molar-refractivity contribution >= 4 is 0 Å². The van der Waals surface area contributed by atoms with Crippen LogP contribution >= 0.6 is 0 Å². The highest BCUT2D eigenvalue weighted by Gasteiger charge is 1.87. The Hall–Kier alpha value is -5.96. The summed E-state index contributed by atoms with van der Waals surface area (Å²) >= 11 is 0. The normalized spacial score (nSPS) is 7.22. The van der Waals surface area contributed by atoms with Gasteiger partial charge in [0.1, 0.15) is 23.0 Å². The second-order valence-corrected chi connectivity index (χ2v) is 7.44. The number of hydrogen-bond donors (Lipinski definition) is 0. The lowest BCUT2D eigenvalue weighted by Gasteiger charge is -1.89. The third kappa shape index (κ3) is 36.1. The molecule has 8 heteroatoms. The van der Waals surface area contributed by atoms with Gasteiger partial charge < -0.3 is 18.9 Å². The molecular weight excluding hydrogens is 576 g/mol. The van der Waals surface area contributed by atoms with Crippen LogP contribution < -0.4 is 18.9 Å². The van der Waals surface area contributed by atoms with Crippen LogP contribution in [0, 0.1) is 46.1 Å². The van der Waals surface area contributed by atoms with Gasteiger partial charge in [0.05, 0.1) is 0 Å². The van der Waals surface area contributed by atoms with Gasteiger partial charge in [0.25, 0.3) is 25.0 Å². The van der Waals surface area contributed by atoms with Crippen molar-refractivity contribution in [3.05, 3.63) is 121 Å². The number of para-hydroxylation sites is 4. The summed E-state index contributed by atoms with van der Waals surface area (Å²) in [5.74, 6) is 2.33. The van der Waals surface area contributed by atoms with Crippen molar-refractivity contribution in [2.75, 3.05) is 0 Å². The Labute approximate surface area is 277 Å². The lowest BCUT2D eigenvalue weighted by molar-refractivity contribution is 0.507. The Balaban J connectivity index is -0.000000233.